The molecule has 0 spiro atoms. The quantitative estimate of drug-likeness (QED) is 0.525. The van der Waals surface area contributed by atoms with Gasteiger partial charge in [0.05, 0.1) is 0 Å². The van der Waals surface area contributed by atoms with E-state index in [0.717, 1.165) is 36.2 Å². The Morgan fingerprint density at radius 1 is 1.00 bits per heavy atom. The van der Waals surface area contributed by atoms with Crippen molar-refractivity contribution in [3.63, 3.8) is 0 Å². The zero-order valence-electron chi connectivity index (χ0n) is 12.6. The molecular formula is C19H21IO2. The Hall–Kier alpha value is -1.07. The fourth-order valence-electron chi connectivity index (χ4n) is 2.92. The maximum absolute atomic E-state index is 5.98. The molecule has 0 aliphatic carbocycles. The predicted octanol–water partition coefficient (Wildman–Crippen LogP) is 4.75. The van der Waals surface area contributed by atoms with Crippen LogP contribution in [0.1, 0.15) is 24.0 Å². The van der Waals surface area contributed by atoms with Crippen LogP contribution < -0.4 is 4.74 Å². The molecule has 0 aromatic heterocycles. The van der Waals surface area contributed by atoms with Crippen molar-refractivity contribution < 1.29 is 9.47 Å². The second-order valence-electron chi connectivity index (χ2n) is 5.83. The van der Waals surface area contributed by atoms with E-state index in [-0.39, 0.29) is 5.41 Å². The van der Waals surface area contributed by atoms with Crippen molar-refractivity contribution in [2.45, 2.75) is 24.9 Å². The Balaban J connectivity index is 1.74. The Morgan fingerprint density at radius 3 is 2.50 bits per heavy atom. The van der Waals surface area contributed by atoms with E-state index >= 15 is 0 Å². The minimum atomic E-state index is 0.241. The van der Waals surface area contributed by atoms with Gasteiger partial charge in [0.2, 0.25) is 0 Å². The number of ether oxygens (including phenoxy) is 2. The summed E-state index contributed by atoms with van der Waals surface area (Å²) >= 11 is 2.51. The molecule has 0 saturated carbocycles. The highest BCUT2D eigenvalue weighted by atomic mass is 127. The molecule has 1 aliphatic heterocycles. The van der Waals surface area contributed by atoms with Crippen molar-refractivity contribution in [3.8, 4) is 5.75 Å². The summed E-state index contributed by atoms with van der Waals surface area (Å²) in [6.07, 6.45) is 2.19. The zero-order valence-corrected chi connectivity index (χ0v) is 14.8. The fourth-order valence-corrected chi connectivity index (χ4v) is 4.12. The molecule has 0 atom stereocenters. The van der Waals surface area contributed by atoms with Crippen LogP contribution in [0.4, 0.5) is 0 Å². The molecule has 1 aliphatic rings. The molecule has 0 N–H and O–H groups in total. The number of alkyl halides is 1. The number of rotatable bonds is 5. The molecule has 22 heavy (non-hydrogen) atoms. The molecule has 2 aromatic carbocycles. The SMILES string of the molecule is ICC1(c2cccc(OCc3ccccc3)c2)CCOCC1. The largest absolute Gasteiger partial charge is 0.489 e. The lowest BCUT2D eigenvalue weighted by Crippen LogP contribution is -2.35. The molecule has 3 heteroatoms. The van der Waals surface area contributed by atoms with Gasteiger partial charge < -0.3 is 9.47 Å². The highest BCUT2D eigenvalue weighted by Crippen LogP contribution is 2.38. The predicted molar refractivity (Wildman–Crippen MR) is 97.8 cm³/mol. The number of hydrogen-bond acceptors (Lipinski definition) is 2. The van der Waals surface area contributed by atoms with Gasteiger partial charge in [0.25, 0.3) is 0 Å². The molecule has 0 unspecified atom stereocenters. The Bertz CT molecular complexity index is 591. The van der Waals surface area contributed by atoms with Gasteiger partial charge in [-0.05, 0) is 36.1 Å². The minimum absolute atomic E-state index is 0.241. The summed E-state index contributed by atoms with van der Waals surface area (Å²) in [7, 11) is 0. The molecule has 2 aromatic rings. The molecule has 0 bridgehead atoms. The van der Waals surface area contributed by atoms with Gasteiger partial charge in [0.1, 0.15) is 12.4 Å². The lowest BCUT2D eigenvalue weighted by atomic mass is 9.76. The lowest BCUT2D eigenvalue weighted by molar-refractivity contribution is 0.0588. The Morgan fingerprint density at radius 2 is 1.77 bits per heavy atom. The third-order valence-electron chi connectivity index (χ3n) is 4.40. The second-order valence-corrected chi connectivity index (χ2v) is 6.59. The first-order valence-corrected chi connectivity index (χ1v) is 9.26. The van der Waals surface area contributed by atoms with Crippen molar-refractivity contribution >= 4 is 22.6 Å². The number of halogens is 1. The van der Waals surface area contributed by atoms with Gasteiger partial charge in [-0.1, -0.05) is 65.1 Å². The monoisotopic (exact) mass is 408 g/mol. The van der Waals surface area contributed by atoms with Gasteiger partial charge in [-0.15, -0.1) is 0 Å². The molecule has 0 radical (unpaired) electrons. The van der Waals surface area contributed by atoms with Crippen LogP contribution in [-0.2, 0) is 16.8 Å². The average Bonchev–Trinajstić information content (AvgIpc) is 2.62. The molecule has 1 heterocycles. The minimum Gasteiger partial charge on any atom is -0.489 e. The van der Waals surface area contributed by atoms with E-state index < -0.39 is 0 Å². The number of hydrogen-bond donors (Lipinski definition) is 0. The van der Waals surface area contributed by atoms with Crippen molar-refractivity contribution in [3.05, 3.63) is 65.7 Å². The van der Waals surface area contributed by atoms with E-state index in [4.69, 9.17) is 9.47 Å². The third-order valence-corrected chi connectivity index (χ3v) is 5.86. The Labute approximate surface area is 146 Å². The van der Waals surface area contributed by atoms with Crippen LogP contribution in [0.5, 0.6) is 5.75 Å². The molecular weight excluding hydrogens is 387 g/mol. The summed E-state index contributed by atoms with van der Waals surface area (Å²) in [5.41, 5.74) is 2.82. The van der Waals surface area contributed by atoms with Crippen molar-refractivity contribution in [2.24, 2.45) is 0 Å². The van der Waals surface area contributed by atoms with Gasteiger partial charge in [-0.2, -0.15) is 0 Å². The van der Waals surface area contributed by atoms with Gasteiger partial charge >= 0.3 is 0 Å². The van der Waals surface area contributed by atoms with Crippen LogP contribution in [0, 0.1) is 0 Å². The Kier molecular flexibility index (Phi) is 5.37. The van der Waals surface area contributed by atoms with E-state index in [0.29, 0.717) is 6.61 Å². The van der Waals surface area contributed by atoms with Gasteiger partial charge in [-0.25, -0.2) is 0 Å². The first-order valence-electron chi connectivity index (χ1n) is 7.73. The van der Waals surface area contributed by atoms with Crippen molar-refractivity contribution in [1.29, 1.82) is 0 Å². The van der Waals surface area contributed by atoms with E-state index in [1.807, 2.05) is 24.3 Å². The van der Waals surface area contributed by atoms with Crippen molar-refractivity contribution in [2.75, 3.05) is 17.6 Å². The second kappa shape index (κ2) is 7.47. The smallest absolute Gasteiger partial charge is 0.120 e. The van der Waals surface area contributed by atoms with Crippen LogP contribution in [0.2, 0.25) is 0 Å². The molecule has 1 fully saturated rings. The van der Waals surface area contributed by atoms with Gasteiger partial charge in [-0.3, -0.25) is 0 Å². The summed E-state index contributed by atoms with van der Waals surface area (Å²) in [6, 6.07) is 18.9. The van der Waals surface area contributed by atoms with E-state index in [1.54, 1.807) is 0 Å². The maximum Gasteiger partial charge on any atom is 0.120 e. The van der Waals surface area contributed by atoms with Crippen LogP contribution in [0.15, 0.2) is 54.6 Å². The molecule has 1 saturated heterocycles. The van der Waals surface area contributed by atoms with Crippen LogP contribution in [0.25, 0.3) is 0 Å². The highest BCUT2D eigenvalue weighted by molar-refractivity contribution is 14.1. The molecule has 2 nitrogen and oxygen atoms in total. The first kappa shape index (κ1) is 15.8. The highest BCUT2D eigenvalue weighted by Gasteiger charge is 2.33. The van der Waals surface area contributed by atoms with Crippen LogP contribution in [0.3, 0.4) is 0 Å². The number of benzene rings is 2. The third kappa shape index (κ3) is 3.63. The summed E-state index contributed by atoms with van der Waals surface area (Å²) in [5.74, 6) is 0.956. The first-order chi connectivity index (χ1) is 10.8. The topological polar surface area (TPSA) is 18.5 Å². The van der Waals surface area contributed by atoms with E-state index in [9.17, 15) is 0 Å². The fraction of sp³-hybridized carbons (Fsp3) is 0.368. The summed E-state index contributed by atoms with van der Waals surface area (Å²) in [5, 5.41) is 0. The van der Waals surface area contributed by atoms with E-state index in [2.05, 4.69) is 52.9 Å². The normalized spacial score (nSPS) is 17.1. The average molecular weight is 408 g/mol. The van der Waals surface area contributed by atoms with Gasteiger partial charge in [0, 0.05) is 23.1 Å². The van der Waals surface area contributed by atoms with Crippen LogP contribution in [-0.4, -0.2) is 17.6 Å². The lowest BCUT2D eigenvalue weighted by Gasteiger charge is -2.36. The van der Waals surface area contributed by atoms with Crippen molar-refractivity contribution in [1.82, 2.24) is 0 Å². The standard InChI is InChI=1S/C19H21IO2/c20-15-19(9-11-21-12-10-19)17-7-4-8-18(13-17)22-14-16-5-2-1-3-6-16/h1-8,13H,9-12,14-15H2. The van der Waals surface area contributed by atoms with Gasteiger partial charge in [0.15, 0.2) is 0 Å². The molecule has 116 valence electrons. The van der Waals surface area contributed by atoms with E-state index in [1.165, 1.54) is 11.1 Å². The van der Waals surface area contributed by atoms with Crippen LogP contribution >= 0.6 is 22.6 Å². The summed E-state index contributed by atoms with van der Waals surface area (Å²) in [6.45, 7) is 2.33. The zero-order chi connectivity index (χ0) is 15.3. The summed E-state index contributed by atoms with van der Waals surface area (Å²) < 4.78 is 12.6. The molecule has 0 amide bonds. The maximum atomic E-state index is 5.98. The summed E-state index contributed by atoms with van der Waals surface area (Å²) in [4.78, 5) is 0. The molecule has 3 rings (SSSR count).